The lowest BCUT2D eigenvalue weighted by atomic mass is 10.1. The highest BCUT2D eigenvalue weighted by Gasteiger charge is 2.18. The van der Waals surface area contributed by atoms with Gasteiger partial charge in [0.25, 0.3) is 5.91 Å². The quantitative estimate of drug-likeness (QED) is 0.917. The van der Waals surface area contributed by atoms with Crippen LogP contribution in [0, 0.1) is 0 Å². The zero-order valence-electron chi connectivity index (χ0n) is 13.0. The lowest BCUT2D eigenvalue weighted by Gasteiger charge is -2.23. The molecule has 0 atom stereocenters. The second kappa shape index (κ2) is 6.55. The van der Waals surface area contributed by atoms with Gasteiger partial charge in [-0.3, -0.25) is 9.59 Å². The fourth-order valence-corrected chi connectivity index (χ4v) is 1.85. The number of likely N-dealkylation sites (N-methyl/N-ethyl adjacent to an activating group) is 1. The van der Waals surface area contributed by atoms with Crippen LogP contribution in [0.2, 0.25) is 0 Å². The van der Waals surface area contributed by atoms with Crippen LogP contribution >= 0.6 is 0 Å². The Morgan fingerprint density at radius 1 is 1.15 bits per heavy atom. The minimum atomic E-state index is -0.288. The van der Waals surface area contributed by atoms with Gasteiger partial charge in [0.05, 0.1) is 6.54 Å². The molecule has 1 aromatic rings. The summed E-state index contributed by atoms with van der Waals surface area (Å²) in [6.07, 6.45) is 0.943. The molecule has 0 aliphatic rings. The molecule has 110 valence electrons. The summed E-state index contributed by atoms with van der Waals surface area (Å²) in [5.74, 6) is -0.296. The molecule has 0 bridgehead atoms. The van der Waals surface area contributed by atoms with E-state index in [1.165, 1.54) is 10.5 Å². The van der Waals surface area contributed by atoms with Crippen LogP contribution < -0.4 is 5.32 Å². The minimum absolute atomic E-state index is 0.0611. The summed E-state index contributed by atoms with van der Waals surface area (Å²) in [6, 6.07) is 7.49. The molecule has 2 amide bonds. The number of hydrogen-bond acceptors (Lipinski definition) is 2. The molecule has 0 fully saturated rings. The van der Waals surface area contributed by atoms with Gasteiger partial charge in [-0.2, -0.15) is 0 Å². The van der Waals surface area contributed by atoms with Gasteiger partial charge in [-0.15, -0.1) is 0 Å². The predicted molar refractivity (Wildman–Crippen MR) is 80.7 cm³/mol. The molecule has 0 saturated heterocycles. The van der Waals surface area contributed by atoms with E-state index in [0.717, 1.165) is 6.42 Å². The smallest absolute Gasteiger partial charge is 0.254 e. The van der Waals surface area contributed by atoms with Crippen molar-refractivity contribution in [1.29, 1.82) is 0 Å². The normalized spacial score (nSPS) is 11.1. The number of benzene rings is 1. The van der Waals surface area contributed by atoms with Crippen LogP contribution in [0.25, 0.3) is 0 Å². The highest BCUT2D eigenvalue weighted by molar-refractivity contribution is 5.96. The van der Waals surface area contributed by atoms with E-state index in [-0.39, 0.29) is 23.9 Å². The number of amides is 2. The van der Waals surface area contributed by atoms with E-state index < -0.39 is 0 Å². The van der Waals surface area contributed by atoms with Gasteiger partial charge in [0, 0.05) is 18.2 Å². The Labute approximate surface area is 121 Å². The number of aryl methyl sites for hydroxylation is 1. The van der Waals surface area contributed by atoms with E-state index in [2.05, 4.69) is 12.2 Å². The molecule has 4 nitrogen and oxygen atoms in total. The van der Waals surface area contributed by atoms with Crippen molar-refractivity contribution in [2.75, 3.05) is 13.6 Å². The zero-order chi connectivity index (χ0) is 15.3. The highest BCUT2D eigenvalue weighted by atomic mass is 16.2. The second-order valence-electron chi connectivity index (χ2n) is 6.01. The fourth-order valence-electron chi connectivity index (χ4n) is 1.85. The van der Waals surface area contributed by atoms with Crippen LogP contribution in [0.1, 0.15) is 43.6 Å². The largest absolute Gasteiger partial charge is 0.350 e. The molecule has 20 heavy (non-hydrogen) atoms. The average molecular weight is 276 g/mol. The van der Waals surface area contributed by atoms with Crippen LogP contribution in [0.15, 0.2) is 24.3 Å². The summed E-state index contributed by atoms with van der Waals surface area (Å²) in [5, 5.41) is 2.84. The summed E-state index contributed by atoms with van der Waals surface area (Å²) >= 11 is 0. The van der Waals surface area contributed by atoms with Gasteiger partial charge < -0.3 is 10.2 Å². The molecule has 4 heteroatoms. The van der Waals surface area contributed by atoms with Crippen molar-refractivity contribution in [2.24, 2.45) is 0 Å². The number of nitrogens with one attached hydrogen (secondary N) is 1. The van der Waals surface area contributed by atoms with Crippen molar-refractivity contribution in [1.82, 2.24) is 10.2 Å². The topological polar surface area (TPSA) is 49.4 Å². The standard InChI is InChI=1S/C16H24N2O2/c1-6-12-7-9-13(10-8-12)15(20)18(5)11-14(19)17-16(2,3)4/h7-10H,6,11H2,1-5H3,(H,17,19). The molecule has 1 aromatic carbocycles. The molecule has 0 aliphatic heterocycles. The van der Waals surface area contributed by atoms with Gasteiger partial charge in [-0.25, -0.2) is 0 Å². The van der Waals surface area contributed by atoms with Gasteiger partial charge in [0.15, 0.2) is 0 Å². The summed E-state index contributed by atoms with van der Waals surface area (Å²) < 4.78 is 0. The molecule has 0 radical (unpaired) electrons. The molecular weight excluding hydrogens is 252 g/mol. The van der Waals surface area contributed by atoms with E-state index in [9.17, 15) is 9.59 Å². The monoisotopic (exact) mass is 276 g/mol. The predicted octanol–water partition coefficient (Wildman–Crippen LogP) is 2.24. The molecule has 0 unspecified atom stereocenters. The number of rotatable bonds is 4. The molecule has 1 rings (SSSR count). The van der Waals surface area contributed by atoms with E-state index in [4.69, 9.17) is 0 Å². The number of hydrogen-bond donors (Lipinski definition) is 1. The van der Waals surface area contributed by atoms with E-state index in [1.807, 2.05) is 32.9 Å². The third-order valence-corrected chi connectivity index (χ3v) is 2.85. The maximum Gasteiger partial charge on any atom is 0.254 e. The summed E-state index contributed by atoms with van der Waals surface area (Å²) in [7, 11) is 1.64. The summed E-state index contributed by atoms with van der Waals surface area (Å²) in [4.78, 5) is 25.4. The average Bonchev–Trinajstić information content (AvgIpc) is 2.35. The Hall–Kier alpha value is -1.84. The number of carbonyl (C=O) groups excluding carboxylic acids is 2. The van der Waals surface area contributed by atoms with Gasteiger partial charge in [0.1, 0.15) is 0 Å². The van der Waals surface area contributed by atoms with Crippen LogP contribution in [0.3, 0.4) is 0 Å². The Morgan fingerprint density at radius 2 is 1.70 bits per heavy atom. The molecule has 0 aromatic heterocycles. The van der Waals surface area contributed by atoms with Crippen LogP contribution in [0.5, 0.6) is 0 Å². The van der Waals surface area contributed by atoms with Crippen molar-refractivity contribution in [3.05, 3.63) is 35.4 Å². The SMILES string of the molecule is CCc1ccc(C(=O)N(C)CC(=O)NC(C)(C)C)cc1. The zero-order valence-corrected chi connectivity index (χ0v) is 13.0. The van der Waals surface area contributed by atoms with E-state index in [0.29, 0.717) is 5.56 Å². The fraction of sp³-hybridized carbons (Fsp3) is 0.500. The van der Waals surface area contributed by atoms with E-state index >= 15 is 0 Å². The van der Waals surface area contributed by atoms with Crippen molar-refractivity contribution < 1.29 is 9.59 Å². The molecule has 0 heterocycles. The van der Waals surface area contributed by atoms with Crippen molar-refractivity contribution in [3.63, 3.8) is 0 Å². The first-order valence-corrected chi connectivity index (χ1v) is 6.88. The van der Waals surface area contributed by atoms with Crippen molar-refractivity contribution >= 4 is 11.8 Å². The first-order valence-electron chi connectivity index (χ1n) is 6.88. The Balaban J connectivity index is 2.64. The molecular formula is C16H24N2O2. The van der Waals surface area contributed by atoms with Gasteiger partial charge in [-0.05, 0) is 44.9 Å². The van der Waals surface area contributed by atoms with Gasteiger partial charge in [-0.1, -0.05) is 19.1 Å². The lowest BCUT2D eigenvalue weighted by molar-refractivity contribution is -0.122. The van der Waals surface area contributed by atoms with Crippen LogP contribution in [-0.2, 0) is 11.2 Å². The van der Waals surface area contributed by atoms with Gasteiger partial charge >= 0.3 is 0 Å². The maximum absolute atomic E-state index is 12.2. The number of carbonyl (C=O) groups is 2. The molecule has 0 spiro atoms. The number of nitrogens with zero attached hydrogens (tertiary/aromatic N) is 1. The Bertz CT molecular complexity index is 472. The third-order valence-electron chi connectivity index (χ3n) is 2.85. The lowest BCUT2D eigenvalue weighted by Crippen LogP contribution is -2.46. The van der Waals surface area contributed by atoms with Crippen molar-refractivity contribution in [3.8, 4) is 0 Å². The maximum atomic E-state index is 12.2. The Kier molecular flexibility index (Phi) is 5.31. The molecule has 0 saturated carbocycles. The molecule has 1 N–H and O–H groups in total. The molecule has 0 aliphatic carbocycles. The van der Waals surface area contributed by atoms with Crippen molar-refractivity contribution in [2.45, 2.75) is 39.7 Å². The highest BCUT2D eigenvalue weighted by Crippen LogP contribution is 2.07. The van der Waals surface area contributed by atoms with E-state index in [1.54, 1.807) is 19.2 Å². The summed E-state index contributed by atoms with van der Waals surface area (Å²) in [5.41, 5.74) is 1.51. The van der Waals surface area contributed by atoms with Gasteiger partial charge in [0.2, 0.25) is 5.91 Å². The first-order chi connectivity index (χ1) is 9.23. The first kappa shape index (κ1) is 16.2. The minimum Gasteiger partial charge on any atom is -0.350 e. The second-order valence-corrected chi connectivity index (χ2v) is 6.01. The Morgan fingerprint density at radius 3 is 2.15 bits per heavy atom. The van der Waals surface area contributed by atoms with Crippen LogP contribution in [0.4, 0.5) is 0 Å². The van der Waals surface area contributed by atoms with Crippen LogP contribution in [-0.4, -0.2) is 35.8 Å². The third kappa shape index (κ3) is 5.03. The summed E-state index contributed by atoms with van der Waals surface area (Å²) in [6.45, 7) is 7.87.